The second kappa shape index (κ2) is 14.6. The van der Waals surface area contributed by atoms with E-state index in [2.05, 4.69) is 10.3 Å². The van der Waals surface area contributed by atoms with Crippen molar-refractivity contribution in [3.63, 3.8) is 0 Å². The van der Waals surface area contributed by atoms with Crippen molar-refractivity contribution in [3.8, 4) is 0 Å². The number of carbonyl (C=O) groups is 5. The van der Waals surface area contributed by atoms with Gasteiger partial charge in [0, 0.05) is 46.1 Å². The van der Waals surface area contributed by atoms with Crippen LogP contribution in [0.5, 0.6) is 0 Å². The van der Waals surface area contributed by atoms with E-state index in [4.69, 9.17) is 9.47 Å². The molecule has 5 aliphatic rings. The lowest BCUT2D eigenvalue weighted by atomic mass is 9.44. The molecule has 12 heteroatoms. The van der Waals surface area contributed by atoms with Gasteiger partial charge in [-0.25, -0.2) is 4.39 Å². The molecule has 0 saturated heterocycles. The van der Waals surface area contributed by atoms with E-state index in [-0.39, 0.29) is 49.4 Å². The zero-order valence-corrected chi connectivity index (χ0v) is 32.9. The average Bonchev–Trinajstić information content (AvgIpc) is 3.99. The lowest BCUT2D eigenvalue weighted by Gasteiger charge is -2.62. The molecule has 1 amide bonds. The van der Waals surface area contributed by atoms with Gasteiger partial charge in [0.1, 0.15) is 12.2 Å². The highest BCUT2D eigenvalue weighted by atomic mass is 19.1. The first-order valence-electron chi connectivity index (χ1n) is 20.2. The molecule has 10 atom stereocenters. The fraction of sp³-hybridized carbons (Fsp3) is 0.478. The maximum atomic E-state index is 17.4. The van der Waals surface area contributed by atoms with Crippen molar-refractivity contribution in [2.45, 2.75) is 95.6 Å². The highest BCUT2D eigenvalue weighted by molar-refractivity contribution is 6.01. The molecule has 2 aromatic carbocycles. The van der Waals surface area contributed by atoms with E-state index in [9.17, 15) is 34.2 Å². The Labute approximate surface area is 336 Å². The van der Waals surface area contributed by atoms with Crippen LogP contribution in [0.4, 0.5) is 10.1 Å². The van der Waals surface area contributed by atoms with E-state index < -0.39 is 70.3 Å². The number of nitrogens with one attached hydrogen (secondary N) is 1. The molecule has 0 bridgehead atoms. The topological polar surface area (TPSA) is 169 Å². The molecule has 3 N–H and O–H groups in total. The molecule has 0 radical (unpaired) electrons. The highest BCUT2D eigenvalue weighted by Crippen LogP contribution is 2.70. The van der Waals surface area contributed by atoms with Gasteiger partial charge in [-0.15, -0.1) is 0 Å². The standard InChI is InChI=1S/C46H49FN2O9/c1-26-18-37-36-11-9-31-20-33(50)14-16-43(31,2)45(36,47)38(51)22-44(37,3)46(26,56)39(52)25-58-41(54)13-12-40(53)57-24-27-4-6-28(7-5-27)34-21-35(34)42(55)49-32-10-8-30-23-48-17-15-29(30)19-32/h4-8,10,14-17,19-20,23,26,34-38,51,56H,9,11-13,18,21-22,24-25H2,1-3H3,(H,49,55)/t26-,34?,35?,36+,37+,38+,43+,44+,45+,46+/m1/s1. The summed E-state index contributed by atoms with van der Waals surface area (Å²) in [6.07, 6.45) is 7.43. The molecule has 1 heterocycles. The molecule has 58 heavy (non-hydrogen) atoms. The largest absolute Gasteiger partial charge is 0.461 e. The molecular formula is C46H49FN2O9. The maximum absolute atomic E-state index is 17.4. The smallest absolute Gasteiger partial charge is 0.306 e. The summed E-state index contributed by atoms with van der Waals surface area (Å²) in [5.41, 5.74) is -3.35. The summed E-state index contributed by atoms with van der Waals surface area (Å²) in [7, 11) is 0. The number of hydrogen-bond donors (Lipinski definition) is 3. The minimum absolute atomic E-state index is 0.0123. The number of pyridine rings is 1. The van der Waals surface area contributed by atoms with Crippen LogP contribution in [0.2, 0.25) is 0 Å². The van der Waals surface area contributed by atoms with Crippen molar-refractivity contribution in [2.24, 2.45) is 34.5 Å². The van der Waals surface area contributed by atoms with Crippen LogP contribution in [0, 0.1) is 34.5 Å². The first-order valence-corrected chi connectivity index (χ1v) is 20.2. The molecule has 4 fully saturated rings. The Morgan fingerprint density at radius 1 is 0.966 bits per heavy atom. The van der Waals surface area contributed by atoms with Crippen LogP contribution < -0.4 is 5.32 Å². The predicted molar refractivity (Wildman–Crippen MR) is 211 cm³/mol. The van der Waals surface area contributed by atoms with E-state index in [1.54, 1.807) is 39.2 Å². The highest BCUT2D eigenvalue weighted by Gasteiger charge is 2.75. The number of carbonyl (C=O) groups excluding carboxylic acids is 5. The van der Waals surface area contributed by atoms with Crippen LogP contribution in [0.3, 0.4) is 0 Å². The molecule has 4 saturated carbocycles. The number of anilines is 1. The third kappa shape index (κ3) is 6.48. The van der Waals surface area contributed by atoms with Gasteiger partial charge in [-0.3, -0.25) is 29.0 Å². The van der Waals surface area contributed by atoms with Crippen LogP contribution in [0.15, 0.2) is 84.7 Å². The fourth-order valence-electron chi connectivity index (χ4n) is 11.0. The molecule has 0 spiro atoms. The summed E-state index contributed by atoms with van der Waals surface area (Å²) in [5, 5.41) is 28.7. The van der Waals surface area contributed by atoms with Gasteiger partial charge in [-0.2, -0.15) is 0 Å². The van der Waals surface area contributed by atoms with Crippen molar-refractivity contribution in [1.29, 1.82) is 0 Å². The summed E-state index contributed by atoms with van der Waals surface area (Å²) in [6, 6.07) is 15.1. The lowest BCUT2D eigenvalue weighted by Crippen LogP contribution is -2.69. The van der Waals surface area contributed by atoms with Crippen molar-refractivity contribution < 1.29 is 48.0 Å². The van der Waals surface area contributed by atoms with E-state index >= 15 is 4.39 Å². The number of allylic oxidation sites excluding steroid dienone is 4. The van der Waals surface area contributed by atoms with Crippen molar-refractivity contribution in [2.75, 3.05) is 11.9 Å². The normalized spacial score (nSPS) is 34.6. The minimum Gasteiger partial charge on any atom is -0.461 e. The molecule has 3 aromatic rings. The van der Waals surface area contributed by atoms with Gasteiger partial charge < -0.3 is 25.0 Å². The van der Waals surface area contributed by atoms with Crippen LogP contribution in [-0.2, 0) is 40.1 Å². The summed E-state index contributed by atoms with van der Waals surface area (Å²) in [6.45, 7) is 4.41. The number of aliphatic hydroxyl groups excluding tert-OH is 1. The Bertz CT molecular complexity index is 2260. The number of benzene rings is 2. The average molecular weight is 793 g/mol. The molecule has 0 aliphatic heterocycles. The van der Waals surface area contributed by atoms with Gasteiger partial charge in [0.15, 0.2) is 18.1 Å². The molecule has 8 rings (SSSR count). The zero-order chi connectivity index (χ0) is 41.2. The van der Waals surface area contributed by atoms with Gasteiger partial charge >= 0.3 is 11.9 Å². The van der Waals surface area contributed by atoms with Crippen molar-refractivity contribution in [1.82, 2.24) is 4.98 Å². The third-order valence-corrected chi connectivity index (χ3v) is 14.4. The molecule has 304 valence electrons. The van der Waals surface area contributed by atoms with E-state index in [1.807, 2.05) is 48.5 Å². The van der Waals surface area contributed by atoms with E-state index in [0.717, 1.165) is 34.0 Å². The number of fused-ring (bicyclic) bond motifs is 6. The number of halogens is 1. The summed E-state index contributed by atoms with van der Waals surface area (Å²) in [4.78, 5) is 68.1. The molecular weight excluding hydrogens is 744 g/mol. The fourth-order valence-corrected chi connectivity index (χ4v) is 11.0. The maximum Gasteiger partial charge on any atom is 0.306 e. The molecule has 1 aromatic heterocycles. The monoisotopic (exact) mass is 792 g/mol. The van der Waals surface area contributed by atoms with E-state index in [1.165, 1.54) is 12.2 Å². The third-order valence-electron chi connectivity index (χ3n) is 14.4. The number of rotatable bonds is 11. The van der Waals surface area contributed by atoms with E-state index in [0.29, 0.717) is 24.8 Å². The Morgan fingerprint density at radius 3 is 2.47 bits per heavy atom. The number of hydrogen-bond acceptors (Lipinski definition) is 10. The summed E-state index contributed by atoms with van der Waals surface area (Å²) < 4.78 is 28.1. The number of amides is 1. The number of aromatic nitrogens is 1. The van der Waals surface area contributed by atoms with Gasteiger partial charge in [0.2, 0.25) is 11.7 Å². The Morgan fingerprint density at radius 2 is 1.71 bits per heavy atom. The number of ether oxygens (including phenoxy) is 2. The van der Waals surface area contributed by atoms with Gasteiger partial charge in [0.05, 0.1) is 18.9 Å². The number of esters is 2. The number of nitrogens with zero attached hydrogens (tertiary/aromatic N) is 1. The molecule has 5 aliphatic carbocycles. The van der Waals surface area contributed by atoms with Gasteiger partial charge in [0.25, 0.3) is 0 Å². The summed E-state index contributed by atoms with van der Waals surface area (Å²) >= 11 is 0. The number of alkyl halides is 1. The Balaban J connectivity index is 0.794. The van der Waals surface area contributed by atoms with Crippen LogP contribution in [-0.4, -0.2) is 68.6 Å². The Hall–Kier alpha value is -5.07. The SMILES string of the molecule is C[C@@H]1C[C@H]2[C@@H]3CCC4=CC(=O)C=C[C@]4(C)[C@@]3(F)[C@@H](O)C[C@]2(C)[C@@]1(O)C(=O)COC(=O)CCC(=O)OCc1ccc(C2CC2C(=O)Nc2ccc3cnccc3c2)cc1. The van der Waals surface area contributed by atoms with Gasteiger partial charge in [-0.1, -0.05) is 55.8 Å². The number of ketones is 2. The quantitative estimate of drug-likeness (QED) is 0.189. The first kappa shape index (κ1) is 39.7. The van der Waals surface area contributed by atoms with Crippen LogP contribution >= 0.6 is 0 Å². The van der Waals surface area contributed by atoms with Crippen molar-refractivity contribution in [3.05, 3.63) is 95.9 Å². The second-order valence-corrected chi connectivity index (χ2v) is 17.5. The second-order valence-electron chi connectivity index (χ2n) is 17.5. The first-order chi connectivity index (χ1) is 27.6. The molecule has 2 unspecified atom stereocenters. The van der Waals surface area contributed by atoms with Gasteiger partial charge in [-0.05, 0) is 104 Å². The van der Waals surface area contributed by atoms with Crippen LogP contribution in [0.25, 0.3) is 10.8 Å². The van der Waals surface area contributed by atoms with Crippen LogP contribution in [0.1, 0.15) is 82.8 Å². The van der Waals surface area contributed by atoms with Crippen molar-refractivity contribution >= 4 is 45.9 Å². The number of Topliss-reactive ketones (excluding diaryl/α,β-unsaturated/α-hetero) is 1. The number of aliphatic hydroxyl groups is 2. The lowest BCUT2D eigenvalue weighted by molar-refractivity contribution is -0.220. The minimum atomic E-state index is -2.10. The summed E-state index contributed by atoms with van der Waals surface area (Å²) in [5.74, 6) is -4.19. The molecule has 11 nitrogen and oxygen atoms in total. The Kier molecular flexibility index (Phi) is 10.0. The predicted octanol–water partition coefficient (Wildman–Crippen LogP) is 6.26. The zero-order valence-electron chi connectivity index (χ0n) is 32.9.